The maximum atomic E-state index is 5.25. The van der Waals surface area contributed by atoms with Crippen molar-refractivity contribution in [1.82, 2.24) is 20.4 Å². The number of halogens is 2. The lowest BCUT2D eigenvalue weighted by Gasteiger charge is -2.07. The van der Waals surface area contributed by atoms with Gasteiger partial charge in [0.1, 0.15) is 5.69 Å². The quantitative estimate of drug-likeness (QED) is 0.850. The minimum Gasteiger partial charge on any atom is -0.339 e. The molecule has 1 N–H and O–H groups in total. The summed E-state index contributed by atoms with van der Waals surface area (Å²) in [5.74, 6) is 1.11. The molecule has 0 fully saturated rings. The zero-order chi connectivity index (χ0) is 13.8. The van der Waals surface area contributed by atoms with Gasteiger partial charge in [-0.15, -0.1) is 0 Å². The highest BCUT2D eigenvalue weighted by molar-refractivity contribution is 9.11. The Kier molecular flexibility index (Phi) is 5.06. The Morgan fingerprint density at radius 1 is 1.42 bits per heavy atom. The van der Waals surface area contributed by atoms with Crippen LogP contribution < -0.4 is 5.32 Å². The van der Waals surface area contributed by atoms with E-state index in [1.165, 1.54) is 0 Å². The van der Waals surface area contributed by atoms with Crippen LogP contribution in [0.4, 0.5) is 0 Å². The molecule has 102 valence electrons. The van der Waals surface area contributed by atoms with Crippen molar-refractivity contribution in [2.45, 2.75) is 26.3 Å². The first-order valence-electron chi connectivity index (χ1n) is 5.97. The van der Waals surface area contributed by atoms with E-state index in [0.29, 0.717) is 29.9 Å². The van der Waals surface area contributed by atoms with Crippen molar-refractivity contribution in [3.8, 4) is 11.5 Å². The Labute approximate surface area is 128 Å². The molecule has 0 amide bonds. The third-order valence-electron chi connectivity index (χ3n) is 2.52. The molecule has 0 bridgehead atoms. The van der Waals surface area contributed by atoms with Crippen molar-refractivity contribution in [1.29, 1.82) is 0 Å². The number of rotatable bonds is 5. The van der Waals surface area contributed by atoms with E-state index in [4.69, 9.17) is 4.52 Å². The summed E-state index contributed by atoms with van der Waals surface area (Å²) in [6.45, 7) is 5.07. The molecule has 2 heterocycles. The van der Waals surface area contributed by atoms with Gasteiger partial charge in [-0.05, 0) is 51.4 Å². The molecule has 0 aliphatic carbocycles. The second kappa shape index (κ2) is 6.58. The molecule has 0 radical (unpaired) electrons. The van der Waals surface area contributed by atoms with Crippen molar-refractivity contribution in [3.63, 3.8) is 0 Å². The topological polar surface area (TPSA) is 63.8 Å². The second-order valence-electron chi connectivity index (χ2n) is 4.16. The minimum absolute atomic E-state index is 0.305. The van der Waals surface area contributed by atoms with Gasteiger partial charge in [0.05, 0.1) is 0 Å². The predicted molar refractivity (Wildman–Crippen MR) is 79.8 cm³/mol. The van der Waals surface area contributed by atoms with Gasteiger partial charge in [-0.2, -0.15) is 4.98 Å². The van der Waals surface area contributed by atoms with E-state index in [9.17, 15) is 0 Å². The maximum absolute atomic E-state index is 5.25. The number of likely N-dealkylation sites (N-methyl/N-ethyl adjacent to an activating group) is 1. The van der Waals surface area contributed by atoms with E-state index in [2.05, 4.69) is 66.1 Å². The van der Waals surface area contributed by atoms with Crippen LogP contribution >= 0.6 is 31.9 Å². The normalized spacial score (nSPS) is 12.6. The standard InChI is InChI=1S/C12H14Br2N4O/c1-3-15-7(2)4-10-17-12(18-19-10)11-9(14)5-8(13)6-16-11/h5-7,15H,3-4H2,1-2H3. The van der Waals surface area contributed by atoms with Crippen molar-refractivity contribution in [3.05, 3.63) is 27.1 Å². The highest BCUT2D eigenvalue weighted by Crippen LogP contribution is 2.26. The Bertz CT molecular complexity index is 558. The summed E-state index contributed by atoms with van der Waals surface area (Å²) in [5, 5.41) is 7.27. The van der Waals surface area contributed by atoms with Crippen LogP contribution in [-0.4, -0.2) is 27.7 Å². The fraction of sp³-hybridized carbons (Fsp3) is 0.417. The summed E-state index contributed by atoms with van der Waals surface area (Å²) in [6.07, 6.45) is 2.41. The molecule has 2 aromatic heterocycles. The molecular weight excluding hydrogens is 376 g/mol. The Balaban J connectivity index is 2.16. The Hall–Kier alpha value is -0.790. The van der Waals surface area contributed by atoms with Crippen LogP contribution in [0.3, 0.4) is 0 Å². The average Bonchev–Trinajstić information content (AvgIpc) is 2.77. The molecule has 1 unspecified atom stereocenters. The van der Waals surface area contributed by atoms with Crippen LogP contribution in [0, 0.1) is 0 Å². The molecule has 19 heavy (non-hydrogen) atoms. The van der Waals surface area contributed by atoms with Crippen LogP contribution in [0.15, 0.2) is 25.7 Å². The van der Waals surface area contributed by atoms with E-state index in [1.807, 2.05) is 6.07 Å². The van der Waals surface area contributed by atoms with Crippen molar-refractivity contribution in [2.75, 3.05) is 6.54 Å². The molecule has 2 aromatic rings. The van der Waals surface area contributed by atoms with Gasteiger partial charge in [-0.1, -0.05) is 12.1 Å². The number of aromatic nitrogens is 3. The van der Waals surface area contributed by atoms with Gasteiger partial charge in [-0.25, -0.2) is 0 Å². The van der Waals surface area contributed by atoms with Gasteiger partial charge in [0.15, 0.2) is 0 Å². The largest absolute Gasteiger partial charge is 0.339 e. The first-order chi connectivity index (χ1) is 9.10. The average molecular weight is 390 g/mol. The van der Waals surface area contributed by atoms with E-state index in [1.54, 1.807) is 6.20 Å². The lowest BCUT2D eigenvalue weighted by atomic mass is 10.2. The van der Waals surface area contributed by atoms with E-state index < -0.39 is 0 Å². The fourth-order valence-electron chi connectivity index (χ4n) is 1.70. The third-order valence-corrected chi connectivity index (χ3v) is 3.56. The first kappa shape index (κ1) is 14.6. The fourth-order valence-corrected chi connectivity index (χ4v) is 2.86. The molecule has 0 aliphatic rings. The lowest BCUT2D eigenvalue weighted by molar-refractivity contribution is 0.363. The zero-order valence-electron chi connectivity index (χ0n) is 10.7. The predicted octanol–water partition coefficient (Wildman–Crippen LogP) is 3.20. The summed E-state index contributed by atoms with van der Waals surface area (Å²) in [5.41, 5.74) is 0.675. The van der Waals surface area contributed by atoms with Crippen LogP contribution in [0.25, 0.3) is 11.5 Å². The Morgan fingerprint density at radius 2 is 2.21 bits per heavy atom. The van der Waals surface area contributed by atoms with Gasteiger partial charge < -0.3 is 9.84 Å². The van der Waals surface area contributed by atoms with Crippen molar-refractivity contribution in [2.24, 2.45) is 0 Å². The lowest BCUT2D eigenvalue weighted by Crippen LogP contribution is -2.27. The maximum Gasteiger partial charge on any atom is 0.228 e. The van der Waals surface area contributed by atoms with Gasteiger partial charge in [-0.3, -0.25) is 4.98 Å². The third kappa shape index (κ3) is 3.84. The van der Waals surface area contributed by atoms with Crippen LogP contribution in [0.1, 0.15) is 19.7 Å². The molecule has 0 saturated heterocycles. The number of pyridine rings is 1. The highest BCUT2D eigenvalue weighted by Gasteiger charge is 2.14. The van der Waals surface area contributed by atoms with Crippen LogP contribution in [-0.2, 0) is 6.42 Å². The van der Waals surface area contributed by atoms with Gasteiger partial charge in [0, 0.05) is 27.6 Å². The molecule has 0 saturated carbocycles. The number of hydrogen-bond donors (Lipinski definition) is 1. The van der Waals surface area contributed by atoms with Gasteiger partial charge in [0.25, 0.3) is 0 Å². The molecule has 5 nitrogen and oxygen atoms in total. The summed E-state index contributed by atoms with van der Waals surface area (Å²) in [6, 6.07) is 2.21. The van der Waals surface area contributed by atoms with E-state index >= 15 is 0 Å². The van der Waals surface area contributed by atoms with Crippen molar-refractivity contribution < 1.29 is 4.52 Å². The van der Waals surface area contributed by atoms with Crippen LogP contribution in [0.5, 0.6) is 0 Å². The van der Waals surface area contributed by atoms with Crippen LogP contribution in [0.2, 0.25) is 0 Å². The molecule has 7 heteroatoms. The highest BCUT2D eigenvalue weighted by atomic mass is 79.9. The molecule has 0 aliphatic heterocycles. The summed E-state index contributed by atoms with van der Waals surface area (Å²) in [7, 11) is 0. The molecule has 0 aromatic carbocycles. The second-order valence-corrected chi connectivity index (χ2v) is 5.93. The first-order valence-corrected chi connectivity index (χ1v) is 7.56. The van der Waals surface area contributed by atoms with Crippen molar-refractivity contribution >= 4 is 31.9 Å². The monoisotopic (exact) mass is 388 g/mol. The molecule has 2 rings (SSSR count). The molecule has 0 spiro atoms. The number of nitrogens with one attached hydrogen (secondary N) is 1. The summed E-state index contributed by atoms with van der Waals surface area (Å²) in [4.78, 5) is 8.65. The summed E-state index contributed by atoms with van der Waals surface area (Å²) < 4.78 is 6.97. The molecular formula is C12H14Br2N4O. The molecule has 1 atom stereocenters. The smallest absolute Gasteiger partial charge is 0.228 e. The van der Waals surface area contributed by atoms with E-state index in [-0.39, 0.29) is 0 Å². The zero-order valence-corrected chi connectivity index (χ0v) is 13.8. The Morgan fingerprint density at radius 3 is 2.89 bits per heavy atom. The summed E-state index contributed by atoms with van der Waals surface area (Å²) >= 11 is 6.80. The SMILES string of the molecule is CCNC(C)Cc1nc(-c2ncc(Br)cc2Br)no1. The van der Waals surface area contributed by atoms with Gasteiger partial charge >= 0.3 is 0 Å². The number of hydrogen-bond acceptors (Lipinski definition) is 5. The van der Waals surface area contributed by atoms with Gasteiger partial charge in [0.2, 0.25) is 11.7 Å². The number of nitrogens with zero attached hydrogens (tertiary/aromatic N) is 3. The van der Waals surface area contributed by atoms with E-state index in [0.717, 1.165) is 15.5 Å². The minimum atomic E-state index is 0.305.